The zero-order valence-electron chi connectivity index (χ0n) is 23.9. The molecule has 4 nitrogen and oxygen atoms in total. The molecule has 0 radical (unpaired) electrons. The Hall–Kier alpha value is -1.95. The normalized spacial score (nSPS) is 18.4. The van der Waals surface area contributed by atoms with Gasteiger partial charge in [0.25, 0.3) is 0 Å². The van der Waals surface area contributed by atoms with E-state index in [1.54, 1.807) is 0 Å². The predicted molar refractivity (Wildman–Crippen MR) is 159 cm³/mol. The zero-order valence-corrected chi connectivity index (χ0v) is 25.9. The number of nitriles is 1. The lowest BCUT2D eigenvalue weighted by atomic mass is 9.76. The first kappa shape index (κ1) is 29.6. The minimum Gasteiger partial charge on any atom is -0.494 e. The van der Waals surface area contributed by atoms with Crippen LogP contribution < -0.4 is 4.74 Å². The summed E-state index contributed by atoms with van der Waals surface area (Å²) >= 11 is 0. The van der Waals surface area contributed by atoms with Gasteiger partial charge in [0, 0.05) is 6.20 Å². The van der Waals surface area contributed by atoms with E-state index < -0.39 is 16.6 Å². The molecule has 0 unspecified atom stereocenters. The average molecular weight is 537 g/mol. The van der Waals surface area contributed by atoms with Gasteiger partial charge in [-0.1, -0.05) is 50.3 Å². The van der Waals surface area contributed by atoms with E-state index >= 15 is 0 Å². The summed E-state index contributed by atoms with van der Waals surface area (Å²) in [7, 11) is -2.86. The van der Waals surface area contributed by atoms with Crippen LogP contribution in [0.3, 0.4) is 0 Å². The van der Waals surface area contributed by atoms with Crippen molar-refractivity contribution in [3.63, 3.8) is 0 Å². The Kier molecular flexibility index (Phi) is 11.4. The van der Waals surface area contributed by atoms with Gasteiger partial charge in [-0.05, 0) is 112 Å². The molecule has 1 heterocycles. The molecule has 2 aromatic rings. The van der Waals surface area contributed by atoms with Crippen molar-refractivity contribution in [2.24, 2.45) is 0 Å². The average Bonchev–Trinajstić information content (AvgIpc) is 2.87. The second-order valence-corrected chi connectivity index (χ2v) is 21.5. The highest BCUT2D eigenvalue weighted by Crippen LogP contribution is 2.40. The minimum atomic E-state index is -1.46. The van der Waals surface area contributed by atoms with Crippen LogP contribution in [-0.4, -0.2) is 28.2 Å². The van der Waals surface area contributed by atoms with E-state index in [1.165, 1.54) is 75.0 Å². The molecule has 0 saturated heterocycles. The Bertz CT molecular complexity index is 970. The molecule has 0 atom stereocenters. The van der Waals surface area contributed by atoms with Crippen LogP contribution in [0, 0.1) is 11.3 Å². The van der Waals surface area contributed by atoms with Gasteiger partial charge in [0.05, 0.1) is 6.61 Å². The van der Waals surface area contributed by atoms with Crippen LogP contribution in [0.4, 0.5) is 0 Å². The quantitative estimate of drug-likeness (QED) is 0.178. The molecule has 202 valence electrons. The second-order valence-electron chi connectivity index (χ2n) is 12.4. The number of aromatic nitrogens is 1. The second kappa shape index (κ2) is 14.3. The Morgan fingerprint density at radius 3 is 1.92 bits per heavy atom. The monoisotopic (exact) mass is 536 g/mol. The molecule has 0 bridgehead atoms. The van der Waals surface area contributed by atoms with E-state index in [0.29, 0.717) is 17.5 Å². The topological polar surface area (TPSA) is 55.1 Å². The van der Waals surface area contributed by atoms with Gasteiger partial charge in [0.15, 0.2) is 16.6 Å². The third-order valence-corrected chi connectivity index (χ3v) is 13.7. The van der Waals surface area contributed by atoms with E-state index in [1.807, 2.05) is 12.3 Å². The first-order chi connectivity index (χ1) is 17.6. The molecule has 0 aliphatic heterocycles. The standard InChI is InChI=1S/C31H48N2O2Si2/c1-36(2,3)35-37(4,5)23-11-9-7-6-8-10-22-34-31-20-17-27(18-21-31)26-12-14-28(15-13-26)29-16-19-30(24-32)33-25-29/h16-21,25-26,28H,6-15,22-23H2,1-5H3. The van der Waals surface area contributed by atoms with E-state index in [2.05, 4.69) is 74.1 Å². The molecule has 37 heavy (non-hydrogen) atoms. The molecule has 0 N–H and O–H groups in total. The maximum atomic E-state index is 8.95. The Morgan fingerprint density at radius 2 is 1.35 bits per heavy atom. The van der Waals surface area contributed by atoms with Gasteiger partial charge in [-0.3, -0.25) is 0 Å². The molecule has 0 amide bonds. The summed E-state index contributed by atoms with van der Waals surface area (Å²) in [5.74, 6) is 2.19. The Labute approximate surface area is 228 Å². The lowest BCUT2D eigenvalue weighted by Crippen LogP contribution is -2.42. The number of ether oxygens (including phenoxy) is 1. The smallest absolute Gasteiger partial charge is 0.173 e. The molecule has 0 spiro atoms. The van der Waals surface area contributed by atoms with Crippen molar-refractivity contribution in [1.82, 2.24) is 4.98 Å². The van der Waals surface area contributed by atoms with Crippen LogP contribution in [0.2, 0.25) is 38.8 Å². The number of rotatable bonds is 14. The summed E-state index contributed by atoms with van der Waals surface area (Å²) in [4.78, 5) is 4.25. The molecule has 1 aromatic heterocycles. The summed E-state index contributed by atoms with van der Waals surface area (Å²) in [5.41, 5.74) is 3.21. The highest BCUT2D eigenvalue weighted by molar-refractivity contribution is 6.84. The number of nitrogens with zero attached hydrogens (tertiary/aromatic N) is 2. The zero-order chi connectivity index (χ0) is 26.7. The fourth-order valence-corrected chi connectivity index (χ4v) is 13.9. The SMILES string of the molecule is C[Si](C)(C)O[Si](C)(C)CCCCCCCCOc1ccc(C2CCC(c3ccc(C#N)nc3)CC2)cc1. The number of hydrogen-bond donors (Lipinski definition) is 0. The summed E-state index contributed by atoms with van der Waals surface area (Å²) in [6.45, 7) is 12.5. The first-order valence-electron chi connectivity index (χ1n) is 14.4. The van der Waals surface area contributed by atoms with E-state index in [-0.39, 0.29) is 0 Å². The minimum absolute atomic E-state index is 0.500. The van der Waals surface area contributed by atoms with Crippen molar-refractivity contribution < 1.29 is 8.85 Å². The molecular weight excluding hydrogens is 489 g/mol. The van der Waals surface area contributed by atoms with Crippen LogP contribution in [0.1, 0.15) is 92.9 Å². The summed E-state index contributed by atoms with van der Waals surface area (Å²) in [6.07, 6.45) is 14.3. The third kappa shape index (κ3) is 10.7. The van der Waals surface area contributed by atoms with Gasteiger partial charge in [-0.25, -0.2) is 4.98 Å². The number of unbranched alkanes of at least 4 members (excludes halogenated alkanes) is 5. The van der Waals surface area contributed by atoms with Crippen LogP contribution >= 0.6 is 0 Å². The van der Waals surface area contributed by atoms with Crippen LogP contribution in [0.5, 0.6) is 5.75 Å². The number of hydrogen-bond acceptors (Lipinski definition) is 4. The lowest BCUT2D eigenvalue weighted by molar-refractivity contribution is 0.304. The van der Waals surface area contributed by atoms with E-state index in [4.69, 9.17) is 14.1 Å². The summed E-state index contributed by atoms with van der Waals surface area (Å²) < 4.78 is 12.5. The maximum Gasteiger partial charge on any atom is 0.173 e. The summed E-state index contributed by atoms with van der Waals surface area (Å²) in [5, 5.41) is 8.95. The van der Waals surface area contributed by atoms with Crippen LogP contribution in [0.25, 0.3) is 0 Å². The highest BCUT2D eigenvalue weighted by Gasteiger charge is 2.28. The molecule has 1 aliphatic rings. The third-order valence-electron chi connectivity index (χ3n) is 7.48. The largest absolute Gasteiger partial charge is 0.494 e. The first-order valence-corrected chi connectivity index (χ1v) is 21.0. The van der Waals surface area contributed by atoms with Crippen molar-refractivity contribution in [2.75, 3.05) is 6.61 Å². The molecule has 1 aliphatic carbocycles. The van der Waals surface area contributed by atoms with E-state index in [9.17, 15) is 0 Å². The van der Waals surface area contributed by atoms with Crippen LogP contribution in [-0.2, 0) is 4.12 Å². The van der Waals surface area contributed by atoms with Crippen LogP contribution in [0.15, 0.2) is 42.6 Å². The van der Waals surface area contributed by atoms with Gasteiger partial charge >= 0.3 is 0 Å². The number of benzene rings is 1. The lowest BCUT2D eigenvalue weighted by Gasteiger charge is -2.31. The Morgan fingerprint density at radius 1 is 0.784 bits per heavy atom. The van der Waals surface area contributed by atoms with E-state index in [0.717, 1.165) is 18.8 Å². The van der Waals surface area contributed by atoms with Crippen molar-refractivity contribution in [3.05, 3.63) is 59.4 Å². The highest BCUT2D eigenvalue weighted by atomic mass is 28.4. The van der Waals surface area contributed by atoms with Crippen molar-refractivity contribution in [3.8, 4) is 11.8 Å². The fourth-order valence-electron chi connectivity index (χ4n) is 5.74. The molecule has 1 saturated carbocycles. The molecule has 6 heteroatoms. The van der Waals surface area contributed by atoms with Gasteiger partial charge in [0.2, 0.25) is 0 Å². The summed E-state index contributed by atoms with van der Waals surface area (Å²) in [6, 6.07) is 16.2. The fraction of sp³-hybridized carbons (Fsp3) is 0.613. The Balaban J connectivity index is 1.26. The molecule has 1 fully saturated rings. The number of pyridine rings is 1. The molecular formula is C31H48N2O2Si2. The van der Waals surface area contributed by atoms with Gasteiger partial charge in [0.1, 0.15) is 17.5 Å². The van der Waals surface area contributed by atoms with Crippen molar-refractivity contribution in [1.29, 1.82) is 5.26 Å². The molecule has 1 aromatic carbocycles. The molecule has 3 rings (SSSR count). The van der Waals surface area contributed by atoms with Gasteiger partial charge < -0.3 is 8.85 Å². The van der Waals surface area contributed by atoms with Gasteiger partial charge in [-0.2, -0.15) is 5.26 Å². The maximum absolute atomic E-state index is 8.95. The van der Waals surface area contributed by atoms with Crippen molar-refractivity contribution >= 4 is 16.6 Å². The van der Waals surface area contributed by atoms with Crippen molar-refractivity contribution in [2.45, 2.75) is 115 Å². The van der Waals surface area contributed by atoms with Gasteiger partial charge in [-0.15, -0.1) is 0 Å². The predicted octanol–water partition coefficient (Wildman–Crippen LogP) is 9.17.